The molecule has 78 valence electrons. The Morgan fingerprint density at radius 3 is 2.80 bits per heavy atom. The third-order valence-electron chi connectivity index (χ3n) is 1.79. The molecule has 0 aliphatic rings. The maximum absolute atomic E-state index is 10.9. The van der Waals surface area contributed by atoms with Crippen molar-refractivity contribution in [2.75, 3.05) is 12.4 Å². The van der Waals surface area contributed by atoms with Crippen molar-refractivity contribution in [3.8, 4) is 11.8 Å². The van der Waals surface area contributed by atoms with Crippen LogP contribution in [-0.2, 0) is 4.79 Å². The molecule has 0 bridgehead atoms. The minimum Gasteiger partial charge on any atom is -0.494 e. The van der Waals surface area contributed by atoms with Gasteiger partial charge in [-0.1, -0.05) is 11.6 Å². The molecule has 0 saturated carbocycles. The van der Waals surface area contributed by atoms with Gasteiger partial charge in [-0.05, 0) is 24.6 Å². The van der Waals surface area contributed by atoms with Gasteiger partial charge in [0.05, 0.1) is 12.8 Å². The van der Waals surface area contributed by atoms with Gasteiger partial charge >= 0.3 is 5.91 Å². The molecule has 1 aromatic carbocycles. The van der Waals surface area contributed by atoms with Crippen molar-refractivity contribution in [3.05, 3.63) is 22.7 Å². The first-order valence-electron chi connectivity index (χ1n) is 4.13. The SMILES string of the molecule is COc1c(C)cc(Cl)cc1NC(=O)C#N. The van der Waals surface area contributed by atoms with Crippen molar-refractivity contribution in [2.45, 2.75) is 6.92 Å². The number of methoxy groups -OCH3 is 1. The van der Waals surface area contributed by atoms with Gasteiger partial charge in [0.15, 0.2) is 6.07 Å². The van der Waals surface area contributed by atoms with E-state index in [1.807, 2.05) is 0 Å². The molecule has 1 rings (SSSR count). The van der Waals surface area contributed by atoms with E-state index in [4.69, 9.17) is 21.6 Å². The summed E-state index contributed by atoms with van der Waals surface area (Å²) in [5, 5.41) is 11.2. The molecule has 0 spiro atoms. The summed E-state index contributed by atoms with van der Waals surface area (Å²) in [5.41, 5.74) is 1.19. The highest BCUT2D eigenvalue weighted by molar-refractivity contribution is 6.31. The predicted octanol–water partition coefficient (Wildman–Crippen LogP) is 2.12. The van der Waals surface area contributed by atoms with Crippen LogP contribution in [0, 0.1) is 18.3 Å². The van der Waals surface area contributed by atoms with Crippen molar-refractivity contribution in [3.63, 3.8) is 0 Å². The molecule has 4 nitrogen and oxygen atoms in total. The Morgan fingerprint density at radius 1 is 1.60 bits per heavy atom. The van der Waals surface area contributed by atoms with Crippen LogP contribution in [0.1, 0.15) is 5.56 Å². The largest absolute Gasteiger partial charge is 0.494 e. The molecule has 0 saturated heterocycles. The van der Waals surface area contributed by atoms with Crippen LogP contribution >= 0.6 is 11.6 Å². The average Bonchev–Trinajstić information content (AvgIpc) is 2.17. The van der Waals surface area contributed by atoms with Gasteiger partial charge in [0.25, 0.3) is 0 Å². The molecule has 5 heteroatoms. The number of hydrogen-bond acceptors (Lipinski definition) is 3. The molecule has 0 aliphatic carbocycles. The Kier molecular flexibility index (Phi) is 3.53. The van der Waals surface area contributed by atoms with E-state index in [9.17, 15) is 4.79 Å². The van der Waals surface area contributed by atoms with Gasteiger partial charge in [0.1, 0.15) is 5.75 Å². The van der Waals surface area contributed by atoms with E-state index in [1.54, 1.807) is 13.0 Å². The molecule has 1 N–H and O–H groups in total. The lowest BCUT2D eigenvalue weighted by Crippen LogP contribution is -2.09. The van der Waals surface area contributed by atoms with Crippen molar-refractivity contribution < 1.29 is 9.53 Å². The number of hydrogen-bond donors (Lipinski definition) is 1. The summed E-state index contributed by atoms with van der Waals surface area (Å²) in [4.78, 5) is 10.9. The van der Waals surface area contributed by atoms with E-state index < -0.39 is 5.91 Å². The summed E-state index contributed by atoms with van der Waals surface area (Å²) in [7, 11) is 1.48. The Morgan fingerprint density at radius 2 is 2.27 bits per heavy atom. The standard InChI is InChI=1S/C10H9ClN2O2/c1-6-3-7(11)4-8(10(6)15-2)13-9(14)5-12/h3-4H,1-2H3,(H,13,14). The van der Waals surface area contributed by atoms with Crippen molar-refractivity contribution in [1.29, 1.82) is 5.26 Å². The number of amides is 1. The lowest BCUT2D eigenvalue weighted by Gasteiger charge is -2.11. The Hall–Kier alpha value is -1.73. The first-order chi connectivity index (χ1) is 7.08. The van der Waals surface area contributed by atoms with Gasteiger partial charge in [-0.2, -0.15) is 5.26 Å². The predicted molar refractivity (Wildman–Crippen MR) is 57.0 cm³/mol. The Bertz CT molecular complexity index is 438. The van der Waals surface area contributed by atoms with Crippen LogP contribution in [0.3, 0.4) is 0 Å². The van der Waals surface area contributed by atoms with E-state index in [2.05, 4.69) is 5.32 Å². The van der Waals surface area contributed by atoms with Gasteiger partial charge in [-0.15, -0.1) is 0 Å². The molecule has 0 aromatic heterocycles. The summed E-state index contributed by atoms with van der Waals surface area (Å²) < 4.78 is 5.09. The summed E-state index contributed by atoms with van der Waals surface area (Å²) in [6.07, 6.45) is 0. The molecule has 0 heterocycles. The quantitative estimate of drug-likeness (QED) is 0.783. The van der Waals surface area contributed by atoms with Gasteiger partial charge in [-0.3, -0.25) is 4.79 Å². The Labute approximate surface area is 92.4 Å². The van der Waals surface area contributed by atoms with E-state index in [0.29, 0.717) is 16.5 Å². The smallest absolute Gasteiger partial charge is 0.326 e. The van der Waals surface area contributed by atoms with Gasteiger partial charge in [0, 0.05) is 5.02 Å². The highest BCUT2D eigenvalue weighted by Crippen LogP contribution is 2.31. The molecule has 0 fully saturated rings. The van der Waals surface area contributed by atoms with Crippen molar-refractivity contribution >= 4 is 23.2 Å². The lowest BCUT2D eigenvalue weighted by atomic mass is 10.2. The highest BCUT2D eigenvalue weighted by atomic mass is 35.5. The van der Waals surface area contributed by atoms with Crippen LogP contribution in [0.2, 0.25) is 5.02 Å². The monoisotopic (exact) mass is 224 g/mol. The molecular weight excluding hydrogens is 216 g/mol. The minimum atomic E-state index is -0.755. The number of rotatable bonds is 2. The third kappa shape index (κ3) is 2.61. The number of nitrogens with zero attached hydrogens (tertiary/aromatic N) is 1. The molecule has 1 aromatic rings. The van der Waals surface area contributed by atoms with E-state index in [1.165, 1.54) is 19.2 Å². The number of nitriles is 1. The number of ether oxygens (including phenoxy) is 1. The normalized spacial score (nSPS) is 9.20. The van der Waals surface area contributed by atoms with Crippen molar-refractivity contribution in [2.24, 2.45) is 0 Å². The van der Waals surface area contributed by atoms with E-state index in [-0.39, 0.29) is 0 Å². The molecule has 1 amide bonds. The molecular formula is C10H9ClN2O2. The average molecular weight is 225 g/mol. The Balaban J connectivity index is 3.16. The molecule has 15 heavy (non-hydrogen) atoms. The highest BCUT2D eigenvalue weighted by Gasteiger charge is 2.10. The number of nitrogens with one attached hydrogen (secondary N) is 1. The fourth-order valence-electron chi connectivity index (χ4n) is 1.24. The second kappa shape index (κ2) is 4.67. The number of carbonyl (C=O) groups is 1. The summed E-state index contributed by atoms with van der Waals surface area (Å²) >= 11 is 5.82. The van der Waals surface area contributed by atoms with E-state index in [0.717, 1.165) is 5.56 Å². The van der Waals surface area contributed by atoms with Crippen LogP contribution in [0.25, 0.3) is 0 Å². The number of anilines is 1. The minimum absolute atomic E-state index is 0.397. The summed E-state index contributed by atoms with van der Waals surface area (Å²) in [6, 6.07) is 4.70. The summed E-state index contributed by atoms with van der Waals surface area (Å²) in [6.45, 7) is 1.80. The lowest BCUT2D eigenvalue weighted by molar-refractivity contribution is -0.111. The zero-order valence-corrected chi connectivity index (χ0v) is 9.05. The molecule has 0 radical (unpaired) electrons. The van der Waals surface area contributed by atoms with Crippen LogP contribution in [-0.4, -0.2) is 13.0 Å². The van der Waals surface area contributed by atoms with Crippen LogP contribution < -0.4 is 10.1 Å². The van der Waals surface area contributed by atoms with Gasteiger partial charge in [0.2, 0.25) is 0 Å². The number of benzene rings is 1. The van der Waals surface area contributed by atoms with Crippen molar-refractivity contribution in [1.82, 2.24) is 0 Å². The second-order valence-corrected chi connectivity index (χ2v) is 3.31. The number of carbonyl (C=O) groups excluding carboxylic acids is 1. The molecule has 0 aliphatic heterocycles. The van der Waals surface area contributed by atoms with Crippen LogP contribution in [0.5, 0.6) is 5.75 Å². The maximum Gasteiger partial charge on any atom is 0.326 e. The molecule has 0 atom stereocenters. The third-order valence-corrected chi connectivity index (χ3v) is 2.01. The summed E-state index contributed by atoms with van der Waals surface area (Å²) in [5.74, 6) is -0.252. The van der Waals surface area contributed by atoms with Gasteiger partial charge in [-0.25, -0.2) is 0 Å². The van der Waals surface area contributed by atoms with E-state index >= 15 is 0 Å². The van der Waals surface area contributed by atoms with Gasteiger partial charge < -0.3 is 10.1 Å². The first-order valence-corrected chi connectivity index (χ1v) is 4.51. The number of aryl methyl sites for hydroxylation is 1. The zero-order valence-electron chi connectivity index (χ0n) is 8.30. The zero-order chi connectivity index (χ0) is 11.4. The van der Waals surface area contributed by atoms with Crippen LogP contribution in [0.4, 0.5) is 5.69 Å². The fraction of sp³-hybridized carbons (Fsp3) is 0.200. The first kappa shape index (κ1) is 11.3. The maximum atomic E-state index is 10.9. The second-order valence-electron chi connectivity index (χ2n) is 2.87. The number of halogens is 1. The molecule has 0 unspecified atom stereocenters. The topological polar surface area (TPSA) is 62.1 Å². The fourth-order valence-corrected chi connectivity index (χ4v) is 1.52. The van der Waals surface area contributed by atoms with Crippen LogP contribution in [0.15, 0.2) is 12.1 Å².